The molecule has 0 atom stereocenters. The molecule has 17 heavy (non-hydrogen) atoms. The summed E-state index contributed by atoms with van der Waals surface area (Å²) in [5, 5.41) is 1.13. The molecule has 4 nitrogen and oxygen atoms in total. The van der Waals surface area contributed by atoms with Gasteiger partial charge in [-0.05, 0) is 30.0 Å². The molecule has 0 aliphatic rings. The first-order valence-electron chi connectivity index (χ1n) is 5.75. The Balaban J connectivity index is 2.69. The summed E-state index contributed by atoms with van der Waals surface area (Å²) in [5.41, 5.74) is 2.30. The molecule has 0 aliphatic heterocycles. The highest BCUT2D eigenvalue weighted by molar-refractivity contribution is 5.75. The first kappa shape index (κ1) is 13.5. The number of nitrogens with zero attached hydrogens (tertiary/aromatic N) is 1. The molecular weight excluding hydrogens is 216 g/mol. The van der Waals surface area contributed by atoms with Crippen LogP contribution in [0, 0.1) is 0 Å². The van der Waals surface area contributed by atoms with Gasteiger partial charge >= 0.3 is 0 Å². The van der Waals surface area contributed by atoms with Crippen molar-refractivity contribution in [1.82, 2.24) is 5.01 Å². The number of carbonyl (C=O) groups is 1. The van der Waals surface area contributed by atoms with E-state index < -0.39 is 0 Å². The van der Waals surface area contributed by atoms with Crippen LogP contribution in [0.1, 0.15) is 24.5 Å². The third-order valence-corrected chi connectivity index (χ3v) is 2.75. The minimum Gasteiger partial charge on any atom is -0.496 e. The van der Waals surface area contributed by atoms with Crippen molar-refractivity contribution in [3.63, 3.8) is 0 Å². The number of hydrazine groups is 1. The van der Waals surface area contributed by atoms with E-state index in [4.69, 9.17) is 10.6 Å². The van der Waals surface area contributed by atoms with Gasteiger partial charge in [-0.3, -0.25) is 9.80 Å². The number of benzene rings is 1. The van der Waals surface area contributed by atoms with E-state index in [9.17, 15) is 4.79 Å². The molecule has 1 aromatic rings. The van der Waals surface area contributed by atoms with Crippen LogP contribution in [0.2, 0.25) is 0 Å². The predicted octanol–water partition coefficient (Wildman–Crippen LogP) is 1.52. The Morgan fingerprint density at radius 2 is 2.18 bits per heavy atom. The van der Waals surface area contributed by atoms with Crippen molar-refractivity contribution in [2.24, 2.45) is 5.84 Å². The Hall–Kier alpha value is -1.55. The van der Waals surface area contributed by atoms with Gasteiger partial charge in [-0.2, -0.15) is 0 Å². The molecule has 0 spiro atoms. The molecule has 0 saturated carbocycles. The topological polar surface area (TPSA) is 55.6 Å². The summed E-state index contributed by atoms with van der Waals surface area (Å²) in [6.45, 7) is 2.08. The SMILES string of the molecule is CCc1cc(CCC(=O)N(C)N)ccc1OC. The average Bonchev–Trinajstić information content (AvgIpc) is 2.35. The second kappa shape index (κ2) is 6.25. The Kier molecular flexibility index (Phi) is 4.97. The van der Waals surface area contributed by atoms with Gasteiger partial charge in [0, 0.05) is 13.5 Å². The minimum absolute atomic E-state index is 0.0566. The fourth-order valence-corrected chi connectivity index (χ4v) is 1.69. The van der Waals surface area contributed by atoms with Crippen LogP contribution in [0.25, 0.3) is 0 Å². The van der Waals surface area contributed by atoms with E-state index in [2.05, 4.69) is 13.0 Å². The maximum atomic E-state index is 11.4. The number of nitrogens with two attached hydrogens (primary N) is 1. The number of amides is 1. The molecule has 1 rings (SSSR count). The van der Waals surface area contributed by atoms with E-state index in [0.29, 0.717) is 12.8 Å². The van der Waals surface area contributed by atoms with E-state index in [1.807, 2.05) is 12.1 Å². The first-order valence-corrected chi connectivity index (χ1v) is 5.75. The van der Waals surface area contributed by atoms with Crippen LogP contribution in [0.3, 0.4) is 0 Å². The molecular formula is C13H20N2O2. The molecule has 1 amide bonds. The highest BCUT2D eigenvalue weighted by Crippen LogP contribution is 2.21. The number of hydrogen-bond donors (Lipinski definition) is 1. The third-order valence-electron chi connectivity index (χ3n) is 2.75. The van der Waals surface area contributed by atoms with Gasteiger partial charge in [-0.1, -0.05) is 19.1 Å². The summed E-state index contributed by atoms with van der Waals surface area (Å²) >= 11 is 0. The van der Waals surface area contributed by atoms with Gasteiger partial charge in [0.1, 0.15) is 5.75 Å². The Bertz CT molecular complexity index is 389. The predicted molar refractivity (Wildman–Crippen MR) is 67.7 cm³/mol. The number of carbonyl (C=O) groups excluding carboxylic acids is 1. The van der Waals surface area contributed by atoms with Crippen molar-refractivity contribution < 1.29 is 9.53 Å². The Labute approximate surface area is 102 Å². The van der Waals surface area contributed by atoms with E-state index >= 15 is 0 Å². The fourth-order valence-electron chi connectivity index (χ4n) is 1.69. The van der Waals surface area contributed by atoms with Gasteiger partial charge in [-0.25, -0.2) is 5.84 Å². The molecule has 0 heterocycles. The lowest BCUT2D eigenvalue weighted by Crippen LogP contribution is -2.33. The summed E-state index contributed by atoms with van der Waals surface area (Å²) in [5.74, 6) is 6.21. The summed E-state index contributed by atoms with van der Waals surface area (Å²) in [6, 6.07) is 6.02. The van der Waals surface area contributed by atoms with E-state index in [-0.39, 0.29) is 5.91 Å². The summed E-state index contributed by atoms with van der Waals surface area (Å²) < 4.78 is 5.26. The summed E-state index contributed by atoms with van der Waals surface area (Å²) in [4.78, 5) is 11.4. The highest BCUT2D eigenvalue weighted by atomic mass is 16.5. The number of methoxy groups -OCH3 is 1. The van der Waals surface area contributed by atoms with Gasteiger partial charge in [0.05, 0.1) is 7.11 Å². The van der Waals surface area contributed by atoms with E-state index in [0.717, 1.165) is 22.7 Å². The van der Waals surface area contributed by atoms with Crippen molar-refractivity contribution in [3.8, 4) is 5.75 Å². The molecule has 0 aliphatic carbocycles. The summed E-state index contributed by atoms with van der Waals surface area (Å²) in [6.07, 6.45) is 2.06. The number of ether oxygens (including phenoxy) is 1. The zero-order valence-electron chi connectivity index (χ0n) is 10.7. The molecule has 0 saturated heterocycles. The smallest absolute Gasteiger partial charge is 0.236 e. The first-order chi connectivity index (χ1) is 8.08. The van der Waals surface area contributed by atoms with E-state index in [1.54, 1.807) is 14.2 Å². The Morgan fingerprint density at radius 3 is 2.71 bits per heavy atom. The van der Waals surface area contributed by atoms with Crippen LogP contribution < -0.4 is 10.6 Å². The zero-order chi connectivity index (χ0) is 12.8. The molecule has 0 radical (unpaired) electrons. The largest absolute Gasteiger partial charge is 0.496 e. The number of hydrogen-bond acceptors (Lipinski definition) is 3. The van der Waals surface area contributed by atoms with Crippen molar-refractivity contribution in [3.05, 3.63) is 29.3 Å². The molecule has 0 fully saturated rings. The van der Waals surface area contributed by atoms with Gasteiger partial charge in [-0.15, -0.1) is 0 Å². The van der Waals surface area contributed by atoms with Crippen LogP contribution in [-0.4, -0.2) is 25.1 Å². The lowest BCUT2D eigenvalue weighted by molar-refractivity contribution is -0.130. The van der Waals surface area contributed by atoms with Crippen LogP contribution in [0.15, 0.2) is 18.2 Å². The van der Waals surface area contributed by atoms with Crippen LogP contribution >= 0.6 is 0 Å². The number of rotatable bonds is 5. The van der Waals surface area contributed by atoms with Gasteiger partial charge in [0.2, 0.25) is 5.91 Å². The molecule has 4 heteroatoms. The molecule has 94 valence electrons. The molecule has 0 unspecified atom stereocenters. The van der Waals surface area contributed by atoms with E-state index in [1.165, 1.54) is 5.56 Å². The van der Waals surface area contributed by atoms with Crippen LogP contribution in [0.4, 0.5) is 0 Å². The quantitative estimate of drug-likeness (QED) is 0.479. The lowest BCUT2D eigenvalue weighted by Gasteiger charge is -2.11. The van der Waals surface area contributed by atoms with Gasteiger partial charge < -0.3 is 4.74 Å². The maximum absolute atomic E-state index is 11.4. The number of aryl methyl sites for hydroxylation is 2. The molecule has 0 aromatic heterocycles. The van der Waals surface area contributed by atoms with Gasteiger partial charge in [0.15, 0.2) is 0 Å². The van der Waals surface area contributed by atoms with Crippen LogP contribution in [-0.2, 0) is 17.6 Å². The van der Waals surface area contributed by atoms with Crippen molar-refractivity contribution >= 4 is 5.91 Å². The minimum atomic E-state index is -0.0566. The monoisotopic (exact) mass is 236 g/mol. The van der Waals surface area contributed by atoms with Crippen molar-refractivity contribution in [2.75, 3.05) is 14.2 Å². The lowest BCUT2D eigenvalue weighted by atomic mass is 10.0. The third kappa shape index (κ3) is 3.75. The van der Waals surface area contributed by atoms with Crippen molar-refractivity contribution in [1.29, 1.82) is 0 Å². The maximum Gasteiger partial charge on any atom is 0.236 e. The zero-order valence-corrected chi connectivity index (χ0v) is 10.7. The standard InChI is InChI=1S/C13H20N2O2/c1-4-11-9-10(5-7-12(11)17-3)6-8-13(16)15(2)14/h5,7,9H,4,6,8,14H2,1-3H3. The highest BCUT2D eigenvalue weighted by Gasteiger charge is 2.07. The van der Waals surface area contributed by atoms with Crippen LogP contribution in [0.5, 0.6) is 5.75 Å². The second-order valence-corrected chi connectivity index (χ2v) is 4.00. The average molecular weight is 236 g/mol. The van der Waals surface area contributed by atoms with Gasteiger partial charge in [0.25, 0.3) is 0 Å². The molecule has 2 N–H and O–H groups in total. The normalized spacial score (nSPS) is 10.1. The Morgan fingerprint density at radius 1 is 1.47 bits per heavy atom. The fraction of sp³-hybridized carbons (Fsp3) is 0.462. The molecule has 1 aromatic carbocycles. The second-order valence-electron chi connectivity index (χ2n) is 4.00. The molecule has 0 bridgehead atoms. The van der Waals surface area contributed by atoms with Crippen molar-refractivity contribution in [2.45, 2.75) is 26.2 Å². The summed E-state index contributed by atoms with van der Waals surface area (Å²) in [7, 11) is 3.23.